The van der Waals surface area contributed by atoms with Crippen molar-refractivity contribution >= 4 is 29.0 Å². The van der Waals surface area contributed by atoms with Crippen LogP contribution in [-0.4, -0.2) is 29.4 Å². The van der Waals surface area contributed by atoms with Crippen LogP contribution in [0.5, 0.6) is 5.75 Å². The average Bonchev–Trinajstić information content (AvgIpc) is 2.87. The average molecular weight is 406 g/mol. The van der Waals surface area contributed by atoms with E-state index in [4.69, 9.17) is 16.3 Å². The van der Waals surface area contributed by atoms with Gasteiger partial charge in [-0.25, -0.2) is 0 Å². The quantitative estimate of drug-likeness (QED) is 0.319. The topological polar surface area (TPSA) is 46.6 Å². The van der Waals surface area contributed by atoms with E-state index in [1.165, 1.54) is 37.0 Å². The second-order valence-corrected chi connectivity index (χ2v) is 7.99. The predicted molar refractivity (Wildman–Crippen MR) is 114 cm³/mol. The molecule has 0 bridgehead atoms. The van der Waals surface area contributed by atoms with Gasteiger partial charge in [0.2, 0.25) is 0 Å². The zero-order chi connectivity index (χ0) is 20.5. The standard InChI is InChI=1S/C23H32ClNO3/c1-4-5-6-7-8-9-10-11-16-25-22(26)20(21(24)23(25)27)18-12-14-19(15-13-18)28-17(2)3/h12-15,17H,4-11,16H2,1-3H3. The third-order valence-corrected chi connectivity index (χ3v) is 5.21. The number of nitrogens with zero attached hydrogens (tertiary/aromatic N) is 1. The van der Waals surface area contributed by atoms with Crippen molar-refractivity contribution < 1.29 is 14.3 Å². The van der Waals surface area contributed by atoms with Gasteiger partial charge in [0.1, 0.15) is 10.8 Å². The fourth-order valence-corrected chi connectivity index (χ4v) is 3.67. The number of halogens is 1. The van der Waals surface area contributed by atoms with Crippen LogP contribution >= 0.6 is 11.6 Å². The van der Waals surface area contributed by atoms with Gasteiger partial charge in [0.25, 0.3) is 11.8 Å². The van der Waals surface area contributed by atoms with Gasteiger partial charge in [-0.2, -0.15) is 0 Å². The highest BCUT2D eigenvalue weighted by molar-refractivity contribution is 6.55. The Morgan fingerprint density at radius 2 is 1.46 bits per heavy atom. The molecule has 2 rings (SSSR count). The highest BCUT2D eigenvalue weighted by Crippen LogP contribution is 2.32. The van der Waals surface area contributed by atoms with Gasteiger partial charge >= 0.3 is 0 Å². The summed E-state index contributed by atoms with van der Waals surface area (Å²) in [4.78, 5) is 26.5. The highest BCUT2D eigenvalue weighted by atomic mass is 35.5. The first-order chi connectivity index (χ1) is 13.5. The maximum Gasteiger partial charge on any atom is 0.273 e. The van der Waals surface area contributed by atoms with E-state index in [1.807, 2.05) is 13.8 Å². The van der Waals surface area contributed by atoms with Crippen molar-refractivity contribution in [3.05, 3.63) is 34.9 Å². The number of rotatable bonds is 12. The maximum atomic E-state index is 12.8. The van der Waals surface area contributed by atoms with Crippen molar-refractivity contribution in [1.29, 1.82) is 0 Å². The molecule has 0 saturated carbocycles. The van der Waals surface area contributed by atoms with E-state index >= 15 is 0 Å². The number of ether oxygens (including phenoxy) is 1. The van der Waals surface area contributed by atoms with Gasteiger partial charge in [-0.3, -0.25) is 14.5 Å². The summed E-state index contributed by atoms with van der Waals surface area (Å²) < 4.78 is 5.62. The van der Waals surface area contributed by atoms with E-state index in [2.05, 4.69) is 6.92 Å². The van der Waals surface area contributed by atoms with Crippen LogP contribution in [0.2, 0.25) is 0 Å². The summed E-state index contributed by atoms with van der Waals surface area (Å²) in [6, 6.07) is 7.15. The van der Waals surface area contributed by atoms with Crippen molar-refractivity contribution in [2.24, 2.45) is 0 Å². The predicted octanol–water partition coefficient (Wildman–Crippen LogP) is 5.93. The Hall–Kier alpha value is -1.81. The Labute approximate surface area is 173 Å². The molecule has 0 aromatic heterocycles. The monoisotopic (exact) mass is 405 g/mol. The molecule has 0 radical (unpaired) electrons. The number of hydrogen-bond acceptors (Lipinski definition) is 3. The Morgan fingerprint density at radius 1 is 0.893 bits per heavy atom. The van der Waals surface area contributed by atoms with Crippen LogP contribution in [0, 0.1) is 0 Å². The highest BCUT2D eigenvalue weighted by Gasteiger charge is 2.37. The minimum Gasteiger partial charge on any atom is -0.491 e. The summed E-state index contributed by atoms with van der Waals surface area (Å²) in [7, 11) is 0. The molecule has 0 atom stereocenters. The molecule has 0 unspecified atom stereocenters. The number of amides is 2. The molecular formula is C23H32ClNO3. The van der Waals surface area contributed by atoms with Crippen LogP contribution < -0.4 is 4.74 Å². The number of benzene rings is 1. The summed E-state index contributed by atoms with van der Waals surface area (Å²) in [6.45, 7) is 6.55. The molecule has 2 amide bonds. The van der Waals surface area contributed by atoms with Crippen LogP contribution in [0.25, 0.3) is 5.57 Å². The van der Waals surface area contributed by atoms with E-state index in [-0.39, 0.29) is 23.0 Å². The molecule has 0 saturated heterocycles. The molecule has 1 aromatic carbocycles. The smallest absolute Gasteiger partial charge is 0.273 e. The fourth-order valence-electron chi connectivity index (χ4n) is 3.38. The lowest BCUT2D eigenvalue weighted by molar-refractivity contribution is -0.136. The molecule has 0 aliphatic carbocycles. The molecule has 28 heavy (non-hydrogen) atoms. The Balaban J connectivity index is 1.87. The van der Waals surface area contributed by atoms with E-state index in [9.17, 15) is 9.59 Å². The number of imide groups is 1. The summed E-state index contributed by atoms with van der Waals surface area (Å²) in [5, 5.41) is 0.0158. The van der Waals surface area contributed by atoms with Gasteiger partial charge in [-0.05, 0) is 38.0 Å². The minimum atomic E-state index is -0.382. The van der Waals surface area contributed by atoms with Gasteiger partial charge in [-0.15, -0.1) is 0 Å². The Bertz CT molecular complexity index is 694. The molecular weight excluding hydrogens is 374 g/mol. The third kappa shape index (κ3) is 6.10. The lowest BCUT2D eigenvalue weighted by atomic mass is 10.1. The minimum absolute atomic E-state index is 0.0158. The fraction of sp³-hybridized carbons (Fsp3) is 0.565. The molecule has 0 N–H and O–H groups in total. The summed E-state index contributed by atoms with van der Waals surface area (Å²) in [5.74, 6) is 0.0469. The number of carbonyl (C=O) groups excluding carboxylic acids is 2. The van der Waals surface area contributed by atoms with Gasteiger partial charge in [0, 0.05) is 6.54 Å². The van der Waals surface area contributed by atoms with Crippen LogP contribution in [-0.2, 0) is 9.59 Å². The zero-order valence-corrected chi connectivity index (χ0v) is 18.1. The molecule has 1 aliphatic heterocycles. The SMILES string of the molecule is CCCCCCCCCCN1C(=O)C(Cl)=C(c2ccc(OC(C)C)cc2)C1=O. The van der Waals surface area contributed by atoms with Gasteiger partial charge in [-0.1, -0.05) is 75.6 Å². The van der Waals surface area contributed by atoms with Gasteiger partial charge in [0.15, 0.2) is 0 Å². The van der Waals surface area contributed by atoms with Crippen molar-refractivity contribution in [2.45, 2.75) is 78.2 Å². The molecule has 5 heteroatoms. The second kappa shape index (κ2) is 11.3. The maximum absolute atomic E-state index is 12.8. The normalized spacial score (nSPS) is 14.5. The van der Waals surface area contributed by atoms with Crippen molar-refractivity contribution in [1.82, 2.24) is 4.90 Å². The van der Waals surface area contributed by atoms with Crippen LogP contribution in [0.4, 0.5) is 0 Å². The second-order valence-electron chi connectivity index (χ2n) is 7.62. The van der Waals surface area contributed by atoms with Crippen molar-refractivity contribution in [3.8, 4) is 5.75 Å². The molecule has 0 fully saturated rings. The number of unbranched alkanes of at least 4 members (excludes halogenated alkanes) is 7. The van der Waals surface area contributed by atoms with Gasteiger partial charge in [0.05, 0.1) is 11.7 Å². The van der Waals surface area contributed by atoms with Crippen molar-refractivity contribution in [2.75, 3.05) is 6.54 Å². The molecule has 0 spiro atoms. The van der Waals surface area contributed by atoms with Crippen LogP contribution in [0.3, 0.4) is 0 Å². The first kappa shape index (κ1) is 22.5. The Morgan fingerprint density at radius 3 is 2.04 bits per heavy atom. The molecule has 1 aromatic rings. The van der Waals surface area contributed by atoms with Crippen LogP contribution in [0.15, 0.2) is 29.3 Å². The first-order valence-electron chi connectivity index (χ1n) is 10.5. The summed E-state index contributed by atoms with van der Waals surface area (Å²) >= 11 is 6.22. The number of carbonyl (C=O) groups is 2. The Kier molecular flexibility index (Phi) is 9.04. The van der Waals surface area contributed by atoms with E-state index < -0.39 is 0 Å². The lowest BCUT2D eigenvalue weighted by Gasteiger charge is -2.15. The van der Waals surface area contributed by atoms with Crippen molar-refractivity contribution in [3.63, 3.8) is 0 Å². The molecule has 1 aliphatic rings. The van der Waals surface area contributed by atoms with E-state index in [0.717, 1.165) is 25.0 Å². The first-order valence-corrected chi connectivity index (χ1v) is 10.9. The van der Waals surface area contributed by atoms with Crippen LogP contribution in [0.1, 0.15) is 77.7 Å². The molecule has 4 nitrogen and oxygen atoms in total. The molecule has 1 heterocycles. The largest absolute Gasteiger partial charge is 0.491 e. The number of hydrogen-bond donors (Lipinski definition) is 0. The zero-order valence-electron chi connectivity index (χ0n) is 17.3. The lowest BCUT2D eigenvalue weighted by Crippen LogP contribution is -2.32. The third-order valence-electron chi connectivity index (χ3n) is 4.86. The van der Waals surface area contributed by atoms with E-state index in [1.54, 1.807) is 24.3 Å². The van der Waals surface area contributed by atoms with E-state index in [0.29, 0.717) is 17.7 Å². The van der Waals surface area contributed by atoms with Gasteiger partial charge < -0.3 is 4.74 Å². The summed E-state index contributed by atoms with van der Waals surface area (Å²) in [5.41, 5.74) is 0.945. The molecule has 154 valence electrons. The summed E-state index contributed by atoms with van der Waals surface area (Å²) in [6.07, 6.45) is 9.40.